The van der Waals surface area contributed by atoms with Gasteiger partial charge in [0.2, 0.25) is 5.91 Å². The summed E-state index contributed by atoms with van der Waals surface area (Å²) in [6, 6.07) is 11.1. The van der Waals surface area contributed by atoms with Crippen LogP contribution >= 0.6 is 15.9 Å². The lowest BCUT2D eigenvalue weighted by atomic mass is 10.1. The van der Waals surface area contributed by atoms with Gasteiger partial charge in [-0.2, -0.15) is 0 Å². The van der Waals surface area contributed by atoms with Gasteiger partial charge in [0.15, 0.2) is 0 Å². The Morgan fingerprint density at radius 1 is 1.06 bits per heavy atom. The lowest BCUT2D eigenvalue weighted by Crippen LogP contribution is -2.27. The van der Waals surface area contributed by atoms with Gasteiger partial charge in [-0.1, -0.05) is 28.1 Å². The first-order chi connectivity index (χ1) is 8.06. The Hall–Kier alpha value is -1.68. The molecule has 2 rings (SSSR count). The second kappa shape index (κ2) is 4.67. The lowest BCUT2D eigenvalue weighted by molar-refractivity contribution is -0.118. The van der Waals surface area contributed by atoms with Crippen LogP contribution in [-0.4, -0.2) is 11.8 Å². The highest BCUT2D eigenvalue weighted by molar-refractivity contribution is 9.10. The summed E-state index contributed by atoms with van der Waals surface area (Å²) in [5.74, 6) is -0.728. The summed E-state index contributed by atoms with van der Waals surface area (Å²) in [5.41, 5.74) is 0.482. The molecule has 0 unspecified atom stereocenters. The Kier molecular flexibility index (Phi) is 3.24. The molecule has 0 saturated carbocycles. The van der Waals surface area contributed by atoms with Crippen molar-refractivity contribution in [1.29, 1.82) is 0 Å². The normalized spacial score (nSPS) is 10.2. The molecular weight excluding hydrogens is 282 g/mol. The molecule has 0 aliphatic heterocycles. The van der Waals surface area contributed by atoms with Crippen LogP contribution in [0.25, 0.3) is 10.8 Å². The van der Waals surface area contributed by atoms with E-state index in [1.54, 1.807) is 12.1 Å². The molecule has 0 bridgehead atoms. The molecule has 0 spiro atoms. The smallest absolute Gasteiger partial charge is 0.257 e. The van der Waals surface area contributed by atoms with Crippen LogP contribution in [-0.2, 0) is 4.79 Å². The summed E-state index contributed by atoms with van der Waals surface area (Å²) < 4.78 is 0.992. The maximum absolute atomic E-state index is 11.6. The van der Waals surface area contributed by atoms with Crippen molar-refractivity contribution in [3.63, 3.8) is 0 Å². The van der Waals surface area contributed by atoms with Gasteiger partial charge in [0.25, 0.3) is 5.91 Å². The van der Waals surface area contributed by atoms with Crippen molar-refractivity contribution in [3.05, 3.63) is 46.4 Å². The molecule has 3 nitrogen and oxygen atoms in total. The van der Waals surface area contributed by atoms with E-state index in [0.29, 0.717) is 5.56 Å². The minimum atomic E-state index is -0.373. The maximum Gasteiger partial charge on any atom is 0.257 e. The first-order valence-electron chi connectivity index (χ1n) is 5.07. The van der Waals surface area contributed by atoms with E-state index < -0.39 is 0 Å². The lowest BCUT2D eigenvalue weighted by Gasteiger charge is -2.03. The molecule has 0 aromatic heterocycles. The van der Waals surface area contributed by atoms with Crippen LogP contribution in [0.4, 0.5) is 0 Å². The van der Waals surface area contributed by atoms with E-state index in [9.17, 15) is 9.59 Å². The van der Waals surface area contributed by atoms with Crippen molar-refractivity contribution < 1.29 is 9.59 Å². The summed E-state index contributed by atoms with van der Waals surface area (Å²) in [6.45, 7) is 1.32. The van der Waals surface area contributed by atoms with E-state index in [2.05, 4.69) is 21.2 Å². The number of hydrogen-bond donors (Lipinski definition) is 1. The monoisotopic (exact) mass is 291 g/mol. The Morgan fingerprint density at radius 3 is 2.41 bits per heavy atom. The molecule has 1 N–H and O–H groups in total. The highest BCUT2D eigenvalue weighted by Gasteiger charge is 2.07. The van der Waals surface area contributed by atoms with E-state index in [1.165, 1.54) is 6.92 Å². The number of carbonyl (C=O) groups is 2. The minimum absolute atomic E-state index is 0.356. The third kappa shape index (κ3) is 2.71. The third-order valence-electron chi connectivity index (χ3n) is 2.35. The highest BCUT2D eigenvalue weighted by atomic mass is 79.9. The average Bonchev–Trinajstić information content (AvgIpc) is 2.27. The molecule has 0 aliphatic rings. The molecule has 2 aromatic carbocycles. The molecule has 0 atom stereocenters. The fraction of sp³-hybridized carbons (Fsp3) is 0.0769. The third-order valence-corrected chi connectivity index (χ3v) is 2.85. The zero-order chi connectivity index (χ0) is 12.4. The van der Waals surface area contributed by atoms with Crippen molar-refractivity contribution >= 4 is 38.5 Å². The number of halogens is 1. The Bertz CT molecular complexity index is 607. The molecule has 0 saturated heterocycles. The number of fused-ring (bicyclic) bond motifs is 1. The molecule has 4 heteroatoms. The van der Waals surface area contributed by atoms with Crippen LogP contribution in [0.3, 0.4) is 0 Å². The summed E-state index contributed by atoms with van der Waals surface area (Å²) in [7, 11) is 0. The van der Waals surface area contributed by atoms with Crippen LogP contribution in [0.15, 0.2) is 40.9 Å². The number of amides is 2. The highest BCUT2D eigenvalue weighted by Crippen LogP contribution is 2.20. The Balaban J connectivity index is 2.41. The minimum Gasteiger partial charge on any atom is -0.293 e. The molecule has 17 heavy (non-hydrogen) atoms. The molecule has 86 valence electrons. The van der Waals surface area contributed by atoms with Crippen LogP contribution < -0.4 is 5.32 Å². The molecule has 2 amide bonds. The van der Waals surface area contributed by atoms with Crippen LogP contribution in [0, 0.1) is 0 Å². The predicted molar refractivity (Wildman–Crippen MR) is 69.8 cm³/mol. The number of rotatable bonds is 1. The van der Waals surface area contributed by atoms with Crippen molar-refractivity contribution in [2.24, 2.45) is 0 Å². The van der Waals surface area contributed by atoms with E-state index in [4.69, 9.17) is 0 Å². The van der Waals surface area contributed by atoms with Crippen LogP contribution in [0.5, 0.6) is 0 Å². The number of benzene rings is 2. The molecule has 0 fully saturated rings. The summed E-state index contributed by atoms with van der Waals surface area (Å²) >= 11 is 3.39. The van der Waals surface area contributed by atoms with E-state index in [-0.39, 0.29) is 11.8 Å². The van der Waals surface area contributed by atoms with Gasteiger partial charge < -0.3 is 0 Å². The summed E-state index contributed by atoms with van der Waals surface area (Å²) in [4.78, 5) is 22.4. The zero-order valence-electron chi connectivity index (χ0n) is 9.16. The Labute approximate surface area is 107 Å². The summed E-state index contributed by atoms with van der Waals surface area (Å²) in [5, 5.41) is 4.25. The predicted octanol–water partition coefficient (Wildman–Crippen LogP) is 2.88. The number of carbonyl (C=O) groups excluding carboxylic acids is 2. The van der Waals surface area contributed by atoms with Gasteiger partial charge in [-0.05, 0) is 35.0 Å². The standard InChI is InChI=1S/C13H10BrNO2/c1-8(16)15-13(17)11-3-2-10-7-12(14)5-4-9(10)6-11/h2-7H,1H3,(H,15,16,17). The van der Waals surface area contributed by atoms with Gasteiger partial charge in [0, 0.05) is 17.0 Å². The molecule has 0 heterocycles. The summed E-state index contributed by atoms with van der Waals surface area (Å²) in [6.07, 6.45) is 0. The van der Waals surface area contributed by atoms with Crippen LogP contribution in [0.1, 0.15) is 17.3 Å². The van der Waals surface area contributed by atoms with Gasteiger partial charge in [0.05, 0.1) is 0 Å². The molecular formula is C13H10BrNO2. The van der Waals surface area contributed by atoms with Gasteiger partial charge in [-0.3, -0.25) is 14.9 Å². The SMILES string of the molecule is CC(=O)NC(=O)c1ccc2cc(Br)ccc2c1. The van der Waals surface area contributed by atoms with Crippen molar-refractivity contribution in [1.82, 2.24) is 5.32 Å². The van der Waals surface area contributed by atoms with Gasteiger partial charge in [-0.15, -0.1) is 0 Å². The topological polar surface area (TPSA) is 46.2 Å². The van der Waals surface area contributed by atoms with Gasteiger partial charge in [-0.25, -0.2) is 0 Å². The fourth-order valence-corrected chi connectivity index (χ4v) is 1.97. The van der Waals surface area contributed by atoms with Gasteiger partial charge in [0.1, 0.15) is 0 Å². The first-order valence-corrected chi connectivity index (χ1v) is 5.87. The quantitative estimate of drug-likeness (QED) is 0.878. The number of hydrogen-bond acceptors (Lipinski definition) is 2. The van der Waals surface area contributed by atoms with Crippen molar-refractivity contribution in [3.8, 4) is 0 Å². The largest absolute Gasteiger partial charge is 0.293 e. The van der Waals surface area contributed by atoms with Crippen molar-refractivity contribution in [2.45, 2.75) is 6.92 Å². The molecule has 2 aromatic rings. The van der Waals surface area contributed by atoms with Crippen LogP contribution in [0.2, 0.25) is 0 Å². The molecule has 0 aliphatic carbocycles. The van der Waals surface area contributed by atoms with E-state index >= 15 is 0 Å². The van der Waals surface area contributed by atoms with Gasteiger partial charge >= 0.3 is 0 Å². The first kappa shape index (κ1) is 11.8. The van der Waals surface area contributed by atoms with E-state index in [1.807, 2.05) is 24.3 Å². The average molecular weight is 292 g/mol. The second-order valence-electron chi connectivity index (χ2n) is 3.72. The Morgan fingerprint density at radius 2 is 1.71 bits per heavy atom. The fourth-order valence-electron chi connectivity index (χ4n) is 1.59. The van der Waals surface area contributed by atoms with Crippen molar-refractivity contribution in [2.75, 3.05) is 0 Å². The molecule has 0 radical (unpaired) electrons. The number of imide groups is 1. The zero-order valence-corrected chi connectivity index (χ0v) is 10.7. The van der Waals surface area contributed by atoms with E-state index in [0.717, 1.165) is 15.2 Å². The maximum atomic E-state index is 11.6. The second-order valence-corrected chi connectivity index (χ2v) is 4.63. The number of nitrogens with one attached hydrogen (secondary N) is 1.